The second-order valence-corrected chi connectivity index (χ2v) is 8.11. The Labute approximate surface area is 147 Å². The van der Waals surface area contributed by atoms with Gasteiger partial charge in [0, 0.05) is 13.0 Å². The van der Waals surface area contributed by atoms with Crippen LogP contribution in [0.25, 0.3) is 0 Å². The number of hydrogen-bond donors (Lipinski definition) is 3. The molecular weight excluding hydrogens is 326 g/mol. The lowest BCUT2D eigenvalue weighted by atomic mass is 9.64. The van der Waals surface area contributed by atoms with Crippen LogP contribution in [0.2, 0.25) is 0 Å². The number of hydrogen-bond acceptors (Lipinski definition) is 4. The third-order valence-corrected chi connectivity index (χ3v) is 4.82. The van der Waals surface area contributed by atoms with Crippen LogP contribution < -0.4 is 10.6 Å². The van der Waals surface area contributed by atoms with Gasteiger partial charge in [0.2, 0.25) is 5.91 Å². The Kier molecular flexibility index (Phi) is 5.39. The van der Waals surface area contributed by atoms with Gasteiger partial charge in [-0.05, 0) is 37.0 Å². The summed E-state index contributed by atoms with van der Waals surface area (Å²) >= 11 is 0. The summed E-state index contributed by atoms with van der Waals surface area (Å²) in [5, 5.41) is 13.9. The van der Waals surface area contributed by atoms with Crippen LogP contribution in [0.1, 0.15) is 52.9 Å². The standard InChI is InChI=1S/C17H27N3O5/c1-11-7-16(2,3)10-17(8-11)14(24)20(15(25)19-17)9-12(21)18-6-4-5-13(22)23/h11H,4-10H2,1-3H3,(H,18,21)(H,19,25)(H,22,23). The quantitative estimate of drug-likeness (QED) is 0.488. The minimum Gasteiger partial charge on any atom is -0.481 e. The number of rotatable bonds is 6. The highest BCUT2D eigenvalue weighted by Gasteiger charge is 2.56. The highest BCUT2D eigenvalue weighted by Crippen LogP contribution is 2.46. The van der Waals surface area contributed by atoms with Crippen molar-refractivity contribution in [2.75, 3.05) is 13.1 Å². The van der Waals surface area contributed by atoms with Crippen LogP contribution in [0, 0.1) is 11.3 Å². The maximum Gasteiger partial charge on any atom is 0.325 e. The van der Waals surface area contributed by atoms with Gasteiger partial charge in [-0.15, -0.1) is 0 Å². The molecule has 0 bridgehead atoms. The van der Waals surface area contributed by atoms with E-state index in [-0.39, 0.29) is 30.8 Å². The van der Waals surface area contributed by atoms with E-state index in [0.29, 0.717) is 25.2 Å². The molecule has 0 radical (unpaired) electrons. The van der Waals surface area contributed by atoms with E-state index in [9.17, 15) is 19.2 Å². The Hall–Kier alpha value is -2.12. The van der Waals surface area contributed by atoms with E-state index < -0.39 is 23.4 Å². The summed E-state index contributed by atoms with van der Waals surface area (Å²) in [4.78, 5) is 48.5. The zero-order chi connectivity index (χ0) is 18.8. The van der Waals surface area contributed by atoms with Gasteiger partial charge in [-0.2, -0.15) is 0 Å². The minimum atomic E-state index is -0.931. The Bertz CT molecular complexity index is 589. The fraction of sp³-hybridized carbons (Fsp3) is 0.765. The molecule has 1 saturated heterocycles. The van der Waals surface area contributed by atoms with Crippen molar-refractivity contribution in [3.05, 3.63) is 0 Å². The lowest BCUT2D eigenvalue weighted by molar-refractivity contribution is -0.137. The van der Waals surface area contributed by atoms with Crippen molar-refractivity contribution in [1.29, 1.82) is 0 Å². The van der Waals surface area contributed by atoms with Gasteiger partial charge in [0.15, 0.2) is 0 Å². The van der Waals surface area contributed by atoms with Crippen LogP contribution in [0.3, 0.4) is 0 Å². The van der Waals surface area contributed by atoms with E-state index in [1.54, 1.807) is 0 Å². The average Bonchev–Trinajstić information content (AvgIpc) is 2.65. The molecule has 2 fully saturated rings. The molecule has 25 heavy (non-hydrogen) atoms. The van der Waals surface area contributed by atoms with E-state index in [0.717, 1.165) is 11.3 Å². The van der Waals surface area contributed by atoms with Crippen molar-refractivity contribution >= 4 is 23.8 Å². The summed E-state index contributed by atoms with van der Waals surface area (Å²) in [5.41, 5.74) is -0.975. The molecule has 8 heteroatoms. The number of amides is 4. The zero-order valence-corrected chi connectivity index (χ0v) is 15.1. The minimum absolute atomic E-state index is 0.0422. The number of nitrogens with zero attached hydrogens (tertiary/aromatic N) is 1. The lowest BCUT2D eigenvalue weighted by Crippen LogP contribution is -2.54. The average molecular weight is 353 g/mol. The molecular formula is C17H27N3O5. The van der Waals surface area contributed by atoms with Gasteiger partial charge in [0.1, 0.15) is 12.1 Å². The largest absolute Gasteiger partial charge is 0.481 e. The number of carboxylic acid groups (broad SMARTS) is 1. The van der Waals surface area contributed by atoms with E-state index in [2.05, 4.69) is 31.4 Å². The summed E-state index contributed by atoms with van der Waals surface area (Å²) < 4.78 is 0. The molecule has 1 aliphatic heterocycles. The molecule has 140 valence electrons. The Balaban J connectivity index is 1.97. The Morgan fingerprint density at radius 1 is 1.32 bits per heavy atom. The number of imide groups is 1. The maximum absolute atomic E-state index is 12.9. The van der Waals surface area contributed by atoms with Crippen molar-refractivity contribution in [2.45, 2.75) is 58.4 Å². The molecule has 2 unspecified atom stereocenters. The molecule has 1 heterocycles. The van der Waals surface area contributed by atoms with Crippen LogP contribution in [0.5, 0.6) is 0 Å². The number of carbonyl (C=O) groups is 4. The zero-order valence-electron chi connectivity index (χ0n) is 15.1. The molecule has 3 N–H and O–H groups in total. The number of aliphatic carboxylic acids is 1. The van der Waals surface area contributed by atoms with Gasteiger partial charge in [0.05, 0.1) is 0 Å². The van der Waals surface area contributed by atoms with Gasteiger partial charge in [-0.25, -0.2) is 4.79 Å². The van der Waals surface area contributed by atoms with Crippen LogP contribution >= 0.6 is 0 Å². The predicted octanol–water partition coefficient (Wildman–Crippen LogP) is 1.10. The number of carbonyl (C=O) groups excluding carboxylic acids is 3. The molecule has 0 aromatic heterocycles. The van der Waals surface area contributed by atoms with Crippen LogP contribution in [-0.4, -0.2) is 52.4 Å². The maximum atomic E-state index is 12.9. The third-order valence-electron chi connectivity index (χ3n) is 4.82. The fourth-order valence-corrected chi connectivity index (χ4v) is 4.32. The first-order valence-electron chi connectivity index (χ1n) is 8.67. The first kappa shape index (κ1) is 19.2. The first-order chi connectivity index (χ1) is 11.5. The smallest absolute Gasteiger partial charge is 0.325 e. The molecule has 2 aliphatic rings. The summed E-state index contributed by atoms with van der Waals surface area (Å²) in [5.74, 6) is -1.43. The molecule has 2 atom stereocenters. The normalized spacial score (nSPS) is 28.1. The van der Waals surface area contributed by atoms with E-state index >= 15 is 0 Å². The SMILES string of the molecule is CC1CC(C)(C)CC2(C1)NC(=O)N(CC(=O)NCCCC(=O)O)C2=O. The highest BCUT2D eigenvalue weighted by atomic mass is 16.4. The van der Waals surface area contributed by atoms with Crippen molar-refractivity contribution < 1.29 is 24.3 Å². The fourth-order valence-electron chi connectivity index (χ4n) is 4.32. The summed E-state index contributed by atoms with van der Waals surface area (Å²) in [6, 6.07) is -0.532. The van der Waals surface area contributed by atoms with Gasteiger partial charge < -0.3 is 15.7 Å². The van der Waals surface area contributed by atoms with E-state index in [1.165, 1.54) is 0 Å². The first-order valence-corrected chi connectivity index (χ1v) is 8.67. The third kappa shape index (κ3) is 4.49. The molecule has 1 spiro atoms. The molecule has 2 rings (SSSR count). The molecule has 1 saturated carbocycles. The number of urea groups is 1. The summed E-state index contributed by atoms with van der Waals surface area (Å²) in [7, 11) is 0. The van der Waals surface area contributed by atoms with E-state index in [4.69, 9.17) is 5.11 Å². The van der Waals surface area contributed by atoms with Crippen LogP contribution in [0.15, 0.2) is 0 Å². The van der Waals surface area contributed by atoms with Gasteiger partial charge in [-0.1, -0.05) is 20.8 Å². The topological polar surface area (TPSA) is 116 Å². The van der Waals surface area contributed by atoms with Gasteiger partial charge in [0.25, 0.3) is 5.91 Å². The summed E-state index contributed by atoms with van der Waals surface area (Å²) in [6.07, 6.45) is 2.39. The van der Waals surface area contributed by atoms with Crippen molar-refractivity contribution in [3.8, 4) is 0 Å². The van der Waals surface area contributed by atoms with Crippen molar-refractivity contribution in [1.82, 2.24) is 15.5 Å². The Morgan fingerprint density at radius 2 is 2.00 bits per heavy atom. The molecule has 8 nitrogen and oxygen atoms in total. The van der Waals surface area contributed by atoms with Gasteiger partial charge in [-0.3, -0.25) is 19.3 Å². The molecule has 0 aromatic rings. The number of carboxylic acids is 1. The van der Waals surface area contributed by atoms with Gasteiger partial charge >= 0.3 is 12.0 Å². The van der Waals surface area contributed by atoms with Crippen LogP contribution in [0.4, 0.5) is 4.79 Å². The number of nitrogens with one attached hydrogen (secondary N) is 2. The Morgan fingerprint density at radius 3 is 2.60 bits per heavy atom. The van der Waals surface area contributed by atoms with Crippen molar-refractivity contribution in [3.63, 3.8) is 0 Å². The summed E-state index contributed by atoms with van der Waals surface area (Å²) in [6.45, 7) is 6.10. The second kappa shape index (κ2) is 7.01. The monoisotopic (exact) mass is 353 g/mol. The van der Waals surface area contributed by atoms with Crippen molar-refractivity contribution in [2.24, 2.45) is 11.3 Å². The lowest BCUT2D eigenvalue weighted by Gasteiger charge is -2.43. The predicted molar refractivity (Wildman–Crippen MR) is 89.7 cm³/mol. The molecule has 4 amide bonds. The van der Waals surface area contributed by atoms with E-state index in [1.807, 2.05) is 0 Å². The molecule has 1 aliphatic carbocycles. The molecule has 0 aromatic carbocycles. The highest BCUT2D eigenvalue weighted by molar-refractivity contribution is 6.09. The second-order valence-electron chi connectivity index (χ2n) is 8.11. The van der Waals surface area contributed by atoms with Crippen LogP contribution in [-0.2, 0) is 14.4 Å².